The second-order valence-electron chi connectivity index (χ2n) is 5.92. The first-order valence-corrected chi connectivity index (χ1v) is 7.10. The van der Waals surface area contributed by atoms with Gasteiger partial charge in [-0.25, -0.2) is 4.98 Å². The molecule has 0 saturated heterocycles. The van der Waals surface area contributed by atoms with Crippen LogP contribution in [0.3, 0.4) is 0 Å². The first-order valence-electron chi connectivity index (χ1n) is 6.69. The number of nitrogens with zero attached hydrogens (tertiary/aromatic N) is 2. The fourth-order valence-corrected chi connectivity index (χ4v) is 1.95. The molecule has 1 heterocycles. The van der Waals surface area contributed by atoms with Crippen molar-refractivity contribution >= 4 is 17.2 Å². The molecule has 0 spiro atoms. The average molecular weight is 301 g/mol. The minimum Gasteiger partial charge on any atom is -0.424 e. The van der Waals surface area contributed by atoms with E-state index in [0.717, 1.165) is 5.69 Å². The topological polar surface area (TPSA) is 61.0 Å². The van der Waals surface area contributed by atoms with Crippen molar-refractivity contribution in [1.29, 1.82) is 0 Å². The van der Waals surface area contributed by atoms with E-state index in [1.165, 1.54) is 5.56 Å². The SMILES string of the molecule is Cc1cc(C(N)=S)nc(Oc2cccc(C(C)(C)C)c2)n1. The lowest BCUT2D eigenvalue weighted by molar-refractivity contribution is 0.437. The van der Waals surface area contributed by atoms with Gasteiger partial charge in [0.1, 0.15) is 16.4 Å². The monoisotopic (exact) mass is 301 g/mol. The molecule has 0 radical (unpaired) electrons. The quantitative estimate of drug-likeness (QED) is 0.879. The number of rotatable bonds is 3. The van der Waals surface area contributed by atoms with Gasteiger partial charge in [0, 0.05) is 5.69 Å². The van der Waals surface area contributed by atoms with Gasteiger partial charge in [-0.2, -0.15) is 4.98 Å². The highest BCUT2D eigenvalue weighted by atomic mass is 32.1. The summed E-state index contributed by atoms with van der Waals surface area (Å²) < 4.78 is 5.75. The Labute approximate surface area is 130 Å². The summed E-state index contributed by atoms with van der Waals surface area (Å²) in [5.41, 5.74) is 8.12. The fraction of sp³-hybridized carbons (Fsp3) is 0.312. The molecule has 2 aromatic rings. The van der Waals surface area contributed by atoms with Gasteiger partial charge >= 0.3 is 6.01 Å². The summed E-state index contributed by atoms with van der Waals surface area (Å²) >= 11 is 4.95. The number of hydrogen-bond donors (Lipinski definition) is 1. The number of ether oxygens (including phenoxy) is 1. The smallest absolute Gasteiger partial charge is 0.322 e. The van der Waals surface area contributed by atoms with Gasteiger partial charge < -0.3 is 10.5 Å². The zero-order chi connectivity index (χ0) is 15.6. The number of thiocarbonyl (C=S) groups is 1. The Hall–Kier alpha value is -2.01. The maximum absolute atomic E-state index is 5.75. The Morgan fingerprint density at radius 2 is 1.90 bits per heavy atom. The predicted octanol–water partition coefficient (Wildman–Crippen LogP) is 3.51. The Morgan fingerprint density at radius 3 is 2.52 bits per heavy atom. The number of benzene rings is 1. The van der Waals surface area contributed by atoms with Gasteiger partial charge in [-0.15, -0.1) is 0 Å². The average Bonchev–Trinajstić information content (AvgIpc) is 2.37. The first-order chi connectivity index (χ1) is 9.75. The molecule has 0 bridgehead atoms. The van der Waals surface area contributed by atoms with E-state index < -0.39 is 0 Å². The fourth-order valence-electron chi connectivity index (χ4n) is 1.84. The molecule has 0 aliphatic heterocycles. The van der Waals surface area contributed by atoms with Crippen LogP contribution in [0, 0.1) is 6.92 Å². The Morgan fingerprint density at radius 1 is 1.19 bits per heavy atom. The van der Waals surface area contributed by atoms with Crippen LogP contribution in [0.2, 0.25) is 0 Å². The second-order valence-corrected chi connectivity index (χ2v) is 6.36. The van der Waals surface area contributed by atoms with Gasteiger partial charge in [-0.05, 0) is 36.1 Å². The summed E-state index contributed by atoms with van der Waals surface area (Å²) in [6, 6.07) is 9.89. The maximum Gasteiger partial charge on any atom is 0.322 e. The number of nitrogens with two attached hydrogens (primary N) is 1. The van der Waals surface area contributed by atoms with Crippen molar-refractivity contribution in [3.8, 4) is 11.8 Å². The van der Waals surface area contributed by atoms with Crippen LogP contribution in [0.1, 0.15) is 37.7 Å². The first kappa shape index (κ1) is 15.4. The van der Waals surface area contributed by atoms with Crippen LogP contribution in [0.25, 0.3) is 0 Å². The Kier molecular flexibility index (Phi) is 4.23. The van der Waals surface area contributed by atoms with E-state index in [2.05, 4.69) is 36.8 Å². The summed E-state index contributed by atoms with van der Waals surface area (Å²) in [7, 11) is 0. The molecular weight excluding hydrogens is 282 g/mol. The summed E-state index contributed by atoms with van der Waals surface area (Å²) in [6.07, 6.45) is 0. The minimum absolute atomic E-state index is 0.0524. The molecule has 0 amide bonds. The van der Waals surface area contributed by atoms with Crippen molar-refractivity contribution in [3.63, 3.8) is 0 Å². The van der Waals surface area contributed by atoms with Gasteiger partial charge in [-0.1, -0.05) is 45.1 Å². The van der Waals surface area contributed by atoms with Crippen molar-refractivity contribution < 1.29 is 4.74 Å². The third-order valence-electron chi connectivity index (χ3n) is 3.00. The van der Waals surface area contributed by atoms with Crippen LogP contribution in [-0.2, 0) is 5.41 Å². The largest absolute Gasteiger partial charge is 0.424 e. The lowest BCUT2D eigenvalue weighted by Crippen LogP contribution is -2.13. The zero-order valence-corrected chi connectivity index (χ0v) is 13.5. The normalized spacial score (nSPS) is 11.2. The standard InChI is InChI=1S/C16H19N3OS/c1-10-8-13(14(17)21)19-15(18-10)20-12-7-5-6-11(9-12)16(2,3)4/h5-9H,1-4H3,(H2,17,21). The van der Waals surface area contributed by atoms with Crippen LogP contribution in [0.15, 0.2) is 30.3 Å². The van der Waals surface area contributed by atoms with E-state index in [9.17, 15) is 0 Å². The molecule has 5 heteroatoms. The Balaban J connectivity index is 2.32. The predicted molar refractivity (Wildman–Crippen MR) is 87.9 cm³/mol. The molecule has 0 saturated carbocycles. The summed E-state index contributed by atoms with van der Waals surface area (Å²) in [6.45, 7) is 8.31. The van der Waals surface area contributed by atoms with Crippen molar-refractivity contribution in [2.45, 2.75) is 33.1 Å². The van der Waals surface area contributed by atoms with Crippen molar-refractivity contribution in [1.82, 2.24) is 9.97 Å². The van der Waals surface area contributed by atoms with Crippen LogP contribution in [0.4, 0.5) is 0 Å². The molecule has 110 valence electrons. The highest BCUT2D eigenvalue weighted by molar-refractivity contribution is 7.80. The van der Waals surface area contributed by atoms with E-state index in [1.807, 2.05) is 25.1 Å². The molecule has 1 aromatic heterocycles. The van der Waals surface area contributed by atoms with Gasteiger partial charge in [0.15, 0.2) is 0 Å². The van der Waals surface area contributed by atoms with Crippen molar-refractivity contribution in [3.05, 3.63) is 47.3 Å². The van der Waals surface area contributed by atoms with Crippen molar-refractivity contribution in [2.24, 2.45) is 5.73 Å². The number of aromatic nitrogens is 2. The molecule has 2 N–H and O–H groups in total. The summed E-state index contributed by atoms with van der Waals surface area (Å²) in [5.74, 6) is 0.696. The molecule has 0 fully saturated rings. The molecule has 0 aliphatic rings. The molecule has 21 heavy (non-hydrogen) atoms. The van der Waals surface area contributed by atoms with Crippen LogP contribution in [-0.4, -0.2) is 15.0 Å². The lowest BCUT2D eigenvalue weighted by atomic mass is 9.87. The van der Waals surface area contributed by atoms with Gasteiger partial charge in [-0.3, -0.25) is 0 Å². The van der Waals surface area contributed by atoms with Gasteiger partial charge in [0.2, 0.25) is 0 Å². The number of aryl methyl sites for hydroxylation is 1. The third kappa shape index (κ3) is 3.98. The number of hydrogen-bond acceptors (Lipinski definition) is 4. The molecule has 0 unspecified atom stereocenters. The summed E-state index contributed by atoms with van der Waals surface area (Å²) in [4.78, 5) is 8.71. The highest BCUT2D eigenvalue weighted by Gasteiger charge is 2.14. The maximum atomic E-state index is 5.75. The van der Waals surface area contributed by atoms with E-state index in [0.29, 0.717) is 11.4 Å². The van der Waals surface area contributed by atoms with E-state index >= 15 is 0 Å². The molecule has 2 rings (SSSR count). The van der Waals surface area contributed by atoms with E-state index in [1.54, 1.807) is 6.07 Å². The van der Waals surface area contributed by atoms with E-state index in [4.69, 9.17) is 22.7 Å². The molecule has 4 nitrogen and oxygen atoms in total. The van der Waals surface area contributed by atoms with E-state index in [-0.39, 0.29) is 16.4 Å². The van der Waals surface area contributed by atoms with Gasteiger partial charge in [0.05, 0.1) is 0 Å². The minimum atomic E-state index is 0.0524. The molecule has 1 aromatic carbocycles. The van der Waals surface area contributed by atoms with Gasteiger partial charge in [0.25, 0.3) is 0 Å². The molecule has 0 aliphatic carbocycles. The summed E-state index contributed by atoms with van der Waals surface area (Å²) in [5, 5.41) is 0. The lowest BCUT2D eigenvalue weighted by Gasteiger charge is -2.19. The van der Waals surface area contributed by atoms with Crippen LogP contribution >= 0.6 is 12.2 Å². The Bertz CT molecular complexity index is 677. The van der Waals surface area contributed by atoms with Crippen LogP contribution < -0.4 is 10.5 Å². The molecule has 0 atom stereocenters. The van der Waals surface area contributed by atoms with Crippen LogP contribution in [0.5, 0.6) is 11.8 Å². The third-order valence-corrected chi connectivity index (χ3v) is 3.20. The molecular formula is C16H19N3OS. The zero-order valence-electron chi connectivity index (χ0n) is 12.7. The highest BCUT2D eigenvalue weighted by Crippen LogP contribution is 2.27. The van der Waals surface area contributed by atoms with Crippen molar-refractivity contribution in [2.75, 3.05) is 0 Å². The second kappa shape index (κ2) is 5.77.